The molecule has 0 unspecified atom stereocenters. The molecule has 2 aromatic heterocycles. The van der Waals surface area contributed by atoms with E-state index in [2.05, 4.69) is 219 Å². The lowest BCUT2D eigenvalue weighted by Crippen LogP contribution is -2.12. The lowest BCUT2D eigenvalue weighted by atomic mass is 9.89. The maximum absolute atomic E-state index is 6.93. The van der Waals surface area contributed by atoms with Gasteiger partial charge < -0.3 is 13.7 Å². The van der Waals surface area contributed by atoms with Gasteiger partial charge in [-0.05, 0) is 125 Å². The summed E-state index contributed by atoms with van der Waals surface area (Å²) in [6.07, 6.45) is 0. The first-order valence-electron chi connectivity index (χ1n) is 22.9. The number of rotatable bonds is 5. The predicted molar refractivity (Wildman–Crippen MR) is 280 cm³/mol. The van der Waals surface area contributed by atoms with E-state index in [9.17, 15) is 0 Å². The molecular formula is C63H41NO2. The number of hydrogen-bond donors (Lipinski definition) is 0. The van der Waals surface area contributed by atoms with Crippen LogP contribution in [0.4, 0.5) is 17.1 Å². The molecule has 14 rings (SSSR count). The third-order valence-corrected chi connectivity index (χ3v) is 14.2. The van der Waals surface area contributed by atoms with Gasteiger partial charge in [0.15, 0.2) is 5.58 Å². The molecule has 0 aliphatic carbocycles. The second kappa shape index (κ2) is 14.0. The van der Waals surface area contributed by atoms with E-state index >= 15 is 0 Å². The fourth-order valence-electron chi connectivity index (χ4n) is 11.1. The summed E-state index contributed by atoms with van der Waals surface area (Å²) < 4.78 is 13.7. The molecule has 0 atom stereocenters. The molecule has 0 aliphatic rings. The first kappa shape index (κ1) is 37.0. The van der Waals surface area contributed by atoms with Crippen LogP contribution in [0.25, 0.3) is 120 Å². The van der Waals surface area contributed by atoms with Crippen molar-refractivity contribution >= 4 is 126 Å². The summed E-state index contributed by atoms with van der Waals surface area (Å²) in [6, 6.07) is 75.3. The number of benzene rings is 12. The molecule has 0 spiro atoms. The smallest absolute Gasteiger partial charge is 0.159 e. The highest BCUT2D eigenvalue weighted by atomic mass is 16.3. The highest BCUT2D eigenvalue weighted by Gasteiger charge is 2.26. The van der Waals surface area contributed by atoms with Gasteiger partial charge in [0.25, 0.3) is 0 Å². The molecule has 0 aliphatic heterocycles. The van der Waals surface area contributed by atoms with E-state index < -0.39 is 0 Å². The quantitative estimate of drug-likeness (QED) is 0.128. The van der Waals surface area contributed by atoms with Gasteiger partial charge in [0.05, 0.1) is 11.4 Å². The maximum Gasteiger partial charge on any atom is 0.159 e. The van der Waals surface area contributed by atoms with Gasteiger partial charge in [-0.2, -0.15) is 0 Å². The van der Waals surface area contributed by atoms with Crippen LogP contribution in [-0.4, -0.2) is 0 Å². The van der Waals surface area contributed by atoms with Crippen LogP contribution >= 0.6 is 0 Å². The molecule has 3 heteroatoms. The largest absolute Gasteiger partial charge is 0.456 e. The molecule has 0 N–H and O–H groups in total. The molecule has 0 saturated carbocycles. The maximum atomic E-state index is 6.93. The molecule has 3 nitrogen and oxygen atoms in total. The number of nitrogens with zero attached hydrogens (tertiary/aromatic N) is 1. The number of para-hydroxylation sites is 2. The fraction of sp³-hybridized carbons (Fsp3) is 0.0476. The van der Waals surface area contributed by atoms with E-state index in [0.717, 1.165) is 88.0 Å². The molecule has 14 aromatic rings. The second-order valence-corrected chi connectivity index (χ2v) is 18.1. The highest BCUT2D eigenvalue weighted by molar-refractivity contribution is 6.33. The van der Waals surface area contributed by atoms with Crippen LogP contribution in [0.15, 0.2) is 215 Å². The molecule has 0 radical (unpaired) electrons. The Morgan fingerprint density at radius 1 is 0.364 bits per heavy atom. The minimum atomic E-state index is 0.413. The second-order valence-electron chi connectivity index (χ2n) is 18.1. The first-order valence-corrected chi connectivity index (χ1v) is 22.9. The van der Waals surface area contributed by atoms with E-state index in [1.54, 1.807) is 0 Å². The van der Waals surface area contributed by atoms with Crippen LogP contribution in [0.5, 0.6) is 0 Å². The molecule has 2 heterocycles. The summed E-state index contributed by atoms with van der Waals surface area (Å²) in [5, 5.41) is 19.1. The lowest BCUT2D eigenvalue weighted by molar-refractivity contribution is 0.669. The number of anilines is 3. The predicted octanol–water partition coefficient (Wildman–Crippen LogP) is 18.7. The van der Waals surface area contributed by atoms with Crippen LogP contribution in [0.3, 0.4) is 0 Å². The number of hydrogen-bond acceptors (Lipinski definition) is 3. The zero-order chi connectivity index (χ0) is 43.6. The van der Waals surface area contributed by atoms with Crippen LogP contribution in [0.1, 0.15) is 25.3 Å². The average Bonchev–Trinajstić information content (AvgIpc) is 3.93. The Bertz CT molecular complexity index is 4270. The van der Waals surface area contributed by atoms with E-state index in [0.29, 0.717) is 5.92 Å². The van der Waals surface area contributed by atoms with E-state index in [1.807, 2.05) is 6.07 Å². The molecule has 0 bridgehead atoms. The molecule has 66 heavy (non-hydrogen) atoms. The standard InChI is InChI=1S/C63H41NO2/c1-37(2)38-26-30-41(31-27-38)64(56-24-13-23-52-44-17-11-12-25-57(44)66-63(52)56)62-50-21-9-7-19-47(50)60(48-20-8-10-22-51(48)62)40-29-32-45-55-35-53-49-33-28-39-14-3-4-15-42(39)61(49)46-18-6-5-16-43(46)54(53)36-59(55)65-58(45)34-40/h3-37H,1-2H3. The third kappa shape index (κ3) is 5.31. The fourth-order valence-corrected chi connectivity index (χ4v) is 11.1. The zero-order valence-corrected chi connectivity index (χ0v) is 36.5. The Kier molecular flexibility index (Phi) is 7.88. The molecule has 12 aromatic carbocycles. The minimum absolute atomic E-state index is 0.413. The van der Waals surface area contributed by atoms with E-state index in [1.165, 1.54) is 54.2 Å². The summed E-state index contributed by atoms with van der Waals surface area (Å²) in [4.78, 5) is 2.42. The summed E-state index contributed by atoms with van der Waals surface area (Å²) in [5.41, 5.74) is 10.3. The third-order valence-electron chi connectivity index (χ3n) is 14.2. The van der Waals surface area contributed by atoms with Gasteiger partial charge in [-0.15, -0.1) is 0 Å². The van der Waals surface area contributed by atoms with Gasteiger partial charge in [-0.3, -0.25) is 0 Å². The first-order chi connectivity index (χ1) is 32.6. The van der Waals surface area contributed by atoms with Gasteiger partial charge in [-0.25, -0.2) is 0 Å². The average molecular weight is 844 g/mol. The van der Waals surface area contributed by atoms with Crippen LogP contribution < -0.4 is 4.90 Å². The topological polar surface area (TPSA) is 29.5 Å². The van der Waals surface area contributed by atoms with Crippen molar-refractivity contribution in [1.29, 1.82) is 0 Å². The summed E-state index contributed by atoms with van der Waals surface area (Å²) in [7, 11) is 0. The Labute approximate surface area is 380 Å². The van der Waals surface area contributed by atoms with Crippen molar-refractivity contribution in [3.05, 3.63) is 212 Å². The van der Waals surface area contributed by atoms with E-state index in [-0.39, 0.29) is 0 Å². The van der Waals surface area contributed by atoms with Crippen LogP contribution in [0.2, 0.25) is 0 Å². The van der Waals surface area contributed by atoms with Crippen molar-refractivity contribution in [3.8, 4) is 11.1 Å². The van der Waals surface area contributed by atoms with Crippen LogP contribution in [-0.2, 0) is 0 Å². The zero-order valence-electron chi connectivity index (χ0n) is 36.5. The molecular weight excluding hydrogens is 803 g/mol. The molecule has 0 fully saturated rings. The SMILES string of the molecule is CC(C)c1ccc(N(c2c3ccccc3c(-c3ccc4c(c3)oc3cc5c6ccccc6c6c7ccccc7ccc6c5cc34)c3ccccc23)c2cccc3c2oc2ccccc23)cc1. The highest BCUT2D eigenvalue weighted by Crippen LogP contribution is 2.51. The van der Waals surface area contributed by atoms with Crippen molar-refractivity contribution in [3.63, 3.8) is 0 Å². The molecule has 0 amide bonds. The van der Waals surface area contributed by atoms with E-state index in [4.69, 9.17) is 8.83 Å². The van der Waals surface area contributed by atoms with Crippen molar-refractivity contribution < 1.29 is 8.83 Å². The van der Waals surface area contributed by atoms with Gasteiger partial charge in [0, 0.05) is 38.0 Å². The Morgan fingerprint density at radius 3 is 1.70 bits per heavy atom. The Hall–Kier alpha value is -8.40. The van der Waals surface area contributed by atoms with Gasteiger partial charge in [-0.1, -0.05) is 172 Å². The van der Waals surface area contributed by atoms with Gasteiger partial charge >= 0.3 is 0 Å². The molecule has 0 saturated heterocycles. The summed E-state index contributed by atoms with van der Waals surface area (Å²) >= 11 is 0. The van der Waals surface area contributed by atoms with Crippen molar-refractivity contribution in [1.82, 2.24) is 0 Å². The van der Waals surface area contributed by atoms with Crippen molar-refractivity contribution in [2.24, 2.45) is 0 Å². The Morgan fingerprint density at radius 2 is 0.939 bits per heavy atom. The molecule has 310 valence electrons. The summed E-state index contributed by atoms with van der Waals surface area (Å²) in [5.74, 6) is 0.413. The monoisotopic (exact) mass is 843 g/mol. The van der Waals surface area contributed by atoms with Gasteiger partial charge in [0.2, 0.25) is 0 Å². The minimum Gasteiger partial charge on any atom is -0.456 e. The van der Waals surface area contributed by atoms with Crippen molar-refractivity contribution in [2.75, 3.05) is 4.90 Å². The summed E-state index contributed by atoms with van der Waals surface area (Å²) in [6.45, 7) is 4.49. The number of fused-ring (bicyclic) bond motifs is 16. The van der Waals surface area contributed by atoms with Gasteiger partial charge in [0.1, 0.15) is 16.7 Å². The number of furan rings is 2. The Balaban J connectivity index is 1.02. The normalized spacial score (nSPS) is 12.2. The van der Waals surface area contributed by atoms with Crippen LogP contribution in [0, 0.1) is 0 Å². The lowest BCUT2D eigenvalue weighted by Gasteiger charge is -2.29. The van der Waals surface area contributed by atoms with Crippen molar-refractivity contribution in [2.45, 2.75) is 19.8 Å².